The molecule has 0 aliphatic carbocycles. The Kier molecular flexibility index (Phi) is 2.77. The zero-order valence-corrected chi connectivity index (χ0v) is 10.7. The third kappa shape index (κ3) is 1.90. The molecule has 0 bridgehead atoms. The highest BCUT2D eigenvalue weighted by molar-refractivity contribution is 9.10. The summed E-state index contributed by atoms with van der Waals surface area (Å²) in [6.45, 7) is 1.98. The van der Waals surface area contributed by atoms with Gasteiger partial charge in [0.1, 0.15) is 0 Å². The molecule has 0 saturated heterocycles. The van der Waals surface area contributed by atoms with Gasteiger partial charge in [0.25, 0.3) is 0 Å². The average Bonchev–Trinajstić information content (AvgIpc) is 2.18. The van der Waals surface area contributed by atoms with Gasteiger partial charge in [0, 0.05) is 10.5 Å². The predicted octanol–water partition coefficient (Wildman–Crippen LogP) is 2.43. The quantitative estimate of drug-likeness (QED) is 0.864. The van der Waals surface area contributed by atoms with Gasteiger partial charge < -0.3 is 5.32 Å². The van der Waals surface area contributed by atoms with Gasteiger partial charge in [0.05, 0.1) is 16.3 Å². The summed E-state index contributed by atoms with van der Waals surface area (Å²) >= 11 is 3.36. The fraction of sp³-hybridized carbons (Fsp3) is 0.400. The molecule has 15 heavy (non-hydrogen) atoms. The molecule has 0 amide bonds. The Morgan fingerprint density at radius 1 is 1.53 bits per heavy atom. The second kappa shape index (κ2) is 3.79. The van der Waals surface area contributed by atoms with Crippen molar-refractivity contribution < 1.29 is 8.42 Å². The van der Waals surface area contributed by atoms with Crippen molar-refractivity contribution in [1.29, 1.82) is 0 Å². The minimum Gasteiger partial charge on any atom is -0.379 e. The second-order valence-electron chi connectivity index (χ2n) is 3.64. The van der Waals surface area contributed by atoms with Gasteiger partial charge in [-0.25, -0.2) is 8.42 Å². The van der Waals surface area contributed by atoms with Crippen LogP contribution in [-0.2, 0) is 9.84 Å². The third-order valence-electron chi connectivity index (χ3n) is 2.57. The lowest BCUT2D eigenvalue weighted by Gasteiger charge is -2.26. The number of anilines is 1. The molecule has 5 heteroatoms. The van der Waals surface area contributed by atoms with E-state index in [1.807, 2.05) is 13.0 Å². The van der Waals surface area contributed by atoms with Crippen molar-refractivity contribution in [2.45, 2.75) is 24.3 Å². The van der Waals surface area contributed by atoms with Gasteiger partial charge >= 0.3 is 0 Å². The number of halogens is 1. The van der Waals surface area contributed by atoms with E-state index in [0.29, 0.717) is 10.6 Å². The van der Waals surface area contributed by atoms with E-state index in [1.165, 1.54) is 0 Å². The van der Waals surface area contributed by atoms with E-state index in [2.05, 4.69) is 21.2 Å². The van der Waals surface area contributed by atoms with Crippen LogP contribution >= 0.6 is 15.9 Å². The van der Waals surface area contributed by atoms with E-state index >= 15 is 0 Å². The summed E-state index contributed by atoms with van der Waals surface area (Å²) in [5, 5.41) is 3.24. The first kappa shape index (κ1) is 11.0. The number of para-hydroxylation sites is 1. The number of hydrogen-bond donors (Lipinski definition) is 1. The van der Waals surface area contributed by atoms with Gasteiger partial charge in [0.15, 0.2) is 9.84 Å². The Bertz CT molecular complexity index is 484. The number of rotatable bonds is 1. The molecule has 1 aromatic rings. The van der Waals surface area contributed by atoms with Crippen molar-refractivity contribution in [3.8, 4) is 0 Å². The number of nitrogens with one attached hydrogen (secondary N) is 1. The van der Waals surface area contributed by atoms with Gasteiger partial charge in [-0.05, 0) is 34.5 Å². The Morgan fingerprint density at radius 3 is 2.93 bits per heavy atom. The summed E-state index contributed by atoms with van der Waals surface area (Å²) in [5.41, 5.74) is 0.704. The Balaban J connectivity index is 2.60. The smallest absolute Gasteiger partial charge is 0.182 e. The molecule has 2 rings (SSSR count). The van der Waals surface area contributed by atoms with E-state index < -0.39 is 9.84 Å². The maximum atomic E-state index is 11.9. The Morgan fingerprint density at radius 2 is 2.27 bits per heavy atom. The van der Waals surface area contributed by atoms with E-state index in [9.17, 15) is 8.42 Å². The molecular formula is C10H12BrNO2S. The first-order valence-corrected chi connectivity index (χ1v) is 7.27. The molecule has 1 aromatic carbocycles. The third-order valence-corrected chi connectivity index (χ3v) is 5.08. The topological polar surface area (TPSA) is 46.2 Å². The Labute approximate surface area is 97.9 Å². The highest BCUT2D eigenvalue weighted by Gasteiger charge is 2.29. The summed E-state index contributed by atoms with van der Waals surface area (Å²) in [7, 11) is -3.12. The molecule has 1 unspecified atom stereocenters. The summed E-state index contributed by atoms with van der Waals surface area (Å²) < 4.78 is 24.7. The SMILES string of the molecule is CCC1CS(=O)(=O)c2cccc(Br)c2N1. The molecular weight excluding hydrogens is 278 g/mol. The van der Waals surface area contributed by atoms with Crippen LogP contribution in [0.4, 0.5) is 5.69 Å². The van der Waals surface area contributed by atoms with Crippen LogP contribution in [-0.4, -0.2) is 20.2 Å². The second-order valence-corrected chi connectivity index (χ2v) is 6.50. The number of hydrogen-bond acceptors (Lipinski definition) is 3. The molecule has 0 saturated carbocycles. The van der Waals surface area contributed by atoms with Crippen LogP contribution in [0.2, 0.25) is 0 Å². The van der Waals surface area contributed by atoms with Crippen molar-refractivity contribution in [1.82, 2.24) is 0 Å². The van der Waals surface area contributed by atoms with E-state index in [1.54, 1.807) is 12.1 Å². The largest absolute Gasteiger partial charge is 0.379 e. The maximum Gasteiger partial charge on any atom is 0.182 e. The van der Waals surface area contributed by atoms with Crippen LogP contribution in [0, 0.1) is 0 Å². The van der Waals surface area contributed by atoms with Crippen molar-refractivity contribution in [3.05, 3.63) is 22.7 Å². The molecule has 82 valence electrons. The van der Waals surface area contributed by atoms with Gasteiger partial charge in [-0.1, -0.05) is 13.0 Å². The first-order chi connectivity index (χ1) is 7.04. The van der Waals surface area contributed by atoms with Gasteiger partial charge in [-0.3, -0.25) is 0 Å². The molecule has 0 fully saturated rings. The summed E-state index contributed by atoms with van der Waals surface area (Å²) in [6, 6.07) is 5.25. The molecule has 1 atom stereocenters. The monoisotopic (exact) mass is 289 g/mol. The molecule has 1 aliphatic rings. The molecule has 0 aromatic heterocycles. The van der Waals surface area contributed by atoms with E-state index in [-0.39, 0.29) is 11.8 Å². The van der Waals surface area contributed by atoms with Crippen molar-refractivity contribution >= 4 is 31.5 Å². The number of benzene rings is 1. The lowest BCUT2D eigenvalue weighted by Crippen LogP contribution is -2.33. The van der Waals surface area contributed by atoms with E-state index in [0.717, 1.165) is 10.9 Å². The van der Waals surface area contributed by atoms with Crippen molar-refractivity contribution in [2.75, 3.05) is 11.1 Å². The normalized spacial score (nSPS) is 22.9. The van der Waals surface area contributed by atoms with Gasteiger partial charge in [-0.15, -0.1) is 0 Å². The highest BCUT2D eigenvalue weighted by Crippen LogP contribution is 2.35. The van der Waals surface area contributed by atoms with Crippen LogP contribution in [0.25, 0.3) is 0 Å². The van der Waals surface area contributed by atoms with Gasteiger partial charge in [0.2, 0.25) is 0 Å². The van der Waals surface area contributed by atoms with E-state index in [4.69, 9.17) is 0 Å². The van der Waals surface area contributed by atoms with Crippen LogP contribution in [0.1, 0.15) is 13.3 Å². The molecule has 1 N–H and O–H groups in total. The van der Waals surface area contributed by atoms with Crippen LogP contribution in [0.15, 0.2) is 27.6 Å². The maximum absolute atomic E-state index is 11.9. The fourth-order valence-electron chi connectivity index (χ4n) is 1.72. The highest BCUT2D eigenvalue weighted by atomic mass is 79.9. The first-order valence-electron chi connectivity index (χ1n) is 4.82. The number of sulfone groups is 1. The summed E-state index contributed by atoms with van der Waals surface area (Å²) in [5.74, 6) is 0.187. The standard InChI is InChI=1S/C10H12BrNO2S/c1-2-7-6-15(13,14)9-5-3-4-8(11)10(9)12-7/h3-5,7,12H,2,6H2,1H3. The zero-order valence-electron chi connectivity index (χ0n) is 8.33. The lowest BCUT2D eigenvalue weighted by molar-refractivity contribution is 0.583. The Hall–Kier alpha value is -0.550. The summed E-state index contributed by atoms with van der Waals surface area (Å²) in [6.07, 6.45) is 0.806. The lowest BCUT2D eigenvalue weighted by atomic mass is 10.2. The summed E-state index contributed by atoms with van der Waals surface area (Å²) in [4.78, 5) is 0.404. The average molecular weight is 290 g/mol. The number of fused-ring (bicyclic) bond motifs is 1. The molecule has 1 heterocycles. The van der Waals surface area contributed by atoms with Crippen LogP contribution < -0.4 is 5.32 Å². The zero-order chi connectivity index (χ0) is 11.1. The molecule has 0 spiro atoms. The van der Waals surface area contributed by atoms with Crippen LogP contribution in [0.3, 0.4) is 0 Å². The van der Waals surface area contributed by atoms with Gasteiger partial charge in [-0.2, -0.15) is 0 Å². The van der Waals surface area contributed by atoms with Crippen molar-refractivity contribution in [3.63, 3.8) is 0 Å². The molecule has 3 nitrogen and oxygen atoms in total. The fourth-order valence-corrected chi connectivity index (χ4v) is 4.13. The predicted molar refractivity (Wildman–Crippen MR) is 63.9 cm³/mol. The van der Waals surface area contributed by atoms with Crippen molar-refractivity contribution in [2.24, 2.45) is 0 Å². The molecule has 0 radical (unpaired) electrons. The minimum absolute atomic E-state index is 0.0150. The van der Waals surface area contributed by atoms with Crippen LogP contribution in [0.5, 0.6) is 0 Å². The minimum atomic E-state index is -3.12. The molecule has 1 aliphatic heterocycles.